The van der Waals surface area contributed by atoms with Crippen molar-refractivity contribution in [2.45, 2.75) is 33.2 Å². The highest BCUT2D eigenvalue weighted by Crippen LogP contribution is 2.28. The minimum atomic E-state index is 0.857. The number of hydrogen-bond acceptors (Lipinski definition) is 2. The lowest BCUT2D eigenvalue weighted by atomic mass is 9.87. The Balaban J connectivity index is 1.84. The normalized spacial score (nSPS) is 19.5. The van der Waals surface area contributed by atoms with Crippen LogP contribution in [-0.2, 0) is 6.54 Å². The summed E-state index contributed by atoms with van der Waals surface area (Å²) in [5.41, 5.74) is 0. The van der Waals surface area contributed by atoms with Gasteiger partial charge in [-0.25, -0.2) is 0 Å². The molecule has 0 bridgehead atoms. The van der Waals surface area contributed by atoms with Gasteiger partial charge in [-0.05, 0) is 65.1 Å². The maximum absolute atomic E-state index is 3.61. The van der Waals surface area contributed by atoms with Gasteiger partial charge in [0.25, 0.3) is 0 Å². The molecule has 0 spiro atoms. The van der Waals surface area contributed by atoms with Crippen molar-refractivity contribution in [3.8, 4) is 0 Å². The Kier molecular flexibility index (Phi) is 4.45. The summed E-state index contributed by atoms with van der Waals surface area (Å²) in [6, 6.07) is 2.15. The average molecular weight is 302 g/mol. The van der Waals surface area contributed by atoms with E-state index in [0.717, 1.165) is 18.4 Å². The van der Waals surface area contributed by atoms with E-state index in [9.17, 15) is 0 Å². The van der Waals surface area contributed by atoms with Crippen LogP contribution in [0.1, 0.15) is 31.6 Å². The molecule has 0 aliphatic carbocycles. The molecule has 0 unspecified atom stereocenters. The van der Waals surface area contributed by atoms with Crippen LogP contribution in [0.2, 0.25) is 0 Å². The van der Waals surface area contributed by atoms with Gasteiger partial charge in [0.1, 0.15) is 0 Å². The maximum atomic E-state index is 3.61. The van der Waals surface area contributed by atoms with Gasteiger partial charge in [0.15, 0.2) is 0 Å². The van der Waals surface area contributed by atoms with E-state index in [-0.39, 0.29) is 0 Å². The summed E-state index contributed by atoms with van der Waals surface area (Å²) >= 11 is 5.47. The Morgan fingerprint density at radius 3 is 2.62 bits per heavy atom. The van der Waals surface area contributed by atoms with Crippen LogP contribution in [0.15, 0.2) is 15.9 Å². The number of halogens is 1. The van der Waals surface area contributed by atoms with Crippen LogP contribution in [0.4, 0.5) is 0 Å². The van der Waals surface area contributed by atoms with Gasteiger partial charge >= 0.3 is 0 Å². The van der Waals surface area contributed by atoms with Crippen molar-refractivity contribution in [1.82, 2.24) is 4.90 Å². The van der Waals surface area contributed by atoms with Crippen molar-refractivity contribution in [2.24, 2.45) is 11.8 Å². The number of nitrogens with zero attached hydrogens (tertiary/aromatic N) is 1. The highest BCUT2D eigenvalue weighted by Gasteiger charge is 2.21. The van der Waals surface area contributed by atoms with Crippen LogP contribution in [0.25, 0.3) is 0 Å². The number of thiophene rings is 1. The minimum Gasteiger partial charge on any atom is -0.298 e. The van der Waals surface area contributed by atoms with Crippen molar-refractivity contribution >= 4 is 27.3 Å². The van der Waals surface area contributed by atoms with Crippen molar-refractivity contribution in [1.29, 1.82) is 0 Å². The second kappa shape index (κ2) is 5.65. The summed E-state index contributed by atoms with van der Waals surface area (Å²) in [6.07, 6.45) is 2.75. The molecule has 1 aromatic rings. The molecule has 1 aliphatic rings. The Bertz CT molecular complexity index is 326. The molecule has 2 heterocycles. The molecule has 1 fully saturated rings. The Hall–Kier alpha value is 0.140. The van der Waals surface area contributed by atoms with E-state index < -0.39 is 0 Å². The quantitative estimate of drug-likeness (QED) is 0.801. The van der Waals surface area contributed by atoms with Gasteiger partial charge in [-0.2, -0.15) is 0 Å². The standard InChI is InChI=1S/C13H20BrNS/c1-10(2)11-3-6-15(7-4-11)9-13-12(14)5-8-16-13/h5,8,10-11H,3-4,6-7,9H2,1-2H3. The first-order chi connectivity index (χ1) is 7.66. The zero-order valence-electron chi connectivity index (χ0n) is 10.1. The summed E-state index contributed by atoms with van der Waals surface area (Å²) in [7, 11) is 0. The summed E-state index contributed by atoms with van der Waals surface area (Å²) in [4.78, 5) is 4.07. The van der Waals surface area contributed by atoms with Gasteiger partial charge in [-0.3, -0.25) is 4.90 Å². The molecular formula is C13H20BrNS. The predicted octanol–water partition coefficient (Wildman–Crippen LogP) is 4.38. The predicted molar refractivity (Wildman–Crippen MR) is 74.9 cm³/mol. The molecule has 0 aromatic carbocycles. The molecule has 0 atom stereocenters. The van der Waals surface area contributed by atoms with Gasteiger partial charge < -0.3 is 0 Å². The van der Waals surface area contributed by atoms with Crippen molar-refractivity contribution in [3.63, 3.8) is 0 Å². The van der Waals surface area contributed by atoms with Gasteiger partial charge in [0.2, 0.25) is 0 Å². The van der Waals surface area contributed by atoms with E-state index in [1.54, 1.807) is 0 Å². The van der Waals surface area contributed by atoms with Crippen molar-refractivity contribution < 1.29 is 0 Å². The van der Waals surface area contributed by atoms with Gasteiger partial charge in [-0.15, -0.1) is 11.3 Å². The summed E-state index contributed by atoms with van der Waals surface area (Å²) in [6.45, 7) is 8.38. The third-order valence-electron chi connectivity index (χ3n) is 3.63. The topological polar surface area (TPSA) is 3.24 Å². The van der Waals surface area contributed by atoms with Crippen LogP contribution in [0.3, 0.4) is 0 Å². The largest absolute Gasteiger partial charge is 0.298 e. The number of likely N-dealkylation sites (tertiary alicyclic amines) is 1. The lowest BCUT2D eigenvalue weighted by Gasteiger charge is -2.33. The van der Waals surface area contributed by atoms with Crippen molar-refractivity contribution in [3.05, 3.63) is 20.8 Å². The molecule has 0 radical (unpaired) electrons. The van der Waals surface area contributed by atoms with E-state index in [4.69, 9.17) is 0 Å². The molecule has 3 heteroatoms. The minimum absolute atomic E-state index is 0.857. The third-order valence-corrected chi connectivity index (χ3v) is 5.54. The molecule has 0 saturated carbocycles. The monoisotopic (exact) mass is 301 g/mol. The average Bonchev–Trinajstić information content (AvgIpc) is 2.65. The molecule has 1 aliphatic heterocycles. The van der Waals surface area contributed by atoms with Crippen LogP contribution < -0.4 is 0 Å². The number of rotatable bonds is 3. The van der Waals surface area contributed by atoms with Crippen LogP contribution in [0, 0.1) is 11.8 Å². The highest BCUT2D eigenvalue weighted by molar-refractivity contribution is 9.10. The zero-order chi connectivity index (χ0) is 11.5. The third kappa shape index (κ3) is 3.08. The van der Waals surface area contributed by atoms with E-state index in [1.807, 2.05) is 11.3 Å². The van der Waals surface area contributed by atoms with E-state index in [0.29, 0.717) is 0 Å². The van der Waals surface area contributed by atoms with Crippen LogP contribution in [-0.4, -0.2) is 18.0 Å². The fourth-order valence-corrected chi connectivity index (χ4v) is 3.94. The Morgan fingerprint density at radius 2 is 2.12 bits per heavy atom. The van der Waals surface area contributed by atoms with Crippen LogP contribution >= 0.6 is 27.3 Å². The fraction of sp³-hybridized carbons (Fsp3) is 0.692. The smallest absolute Gasteiger partial charge is 0.0339 e. The highest BCUT2D eigenvalue weighted by atomic mass is 79.9. The molecule has 2 rings (SSSR count). The van der Waals surface area contributed by atoms with Crippen molar-refractivity contribution in [2.75, 3.05) is 13.1 Å². The molecule has 0 amide bonds. The molecule has 90 valence electrons. The molecule has 0 N–H and O–H groups in total. The lowest BCUT2D eigenvalue weighted by Crippen LogP contribution is -2.34. The fourth-order valence-electron chi connectivity index (χ4n) is 2.42. The first-order valence-electron chi connectivity index (χ1n) is 6.11. The molecule has 1 saturated heterocycles. The van der Waals surface area contributed by atoms with Crippen LogP contribution in [0.5, 0.6) is 0 Å². The molecule has 1 nitrogen and oxygen atoms in total. The number of piperidine rings is 1. The van der Waals surface area contributed by atoms with Gasteiger partial charge in [0.05, 0.1) is 0 Å². The Labute approximate surface area is 111 Å². The second-order valence-corrected chi connectivity index (χ2v) is 6.90. The van der Waals surface area contributed by atoms with Gasteiger partial charge in [-0.1, -0.05) is 13.8 Å². The molecule has 16 heavy (non-hydrogen) atoms. The summed E-state index contributed by atoms with van der Waals surface area (Å²) < 4.78 is 1.28. The second-order valence-electron chi connectivity index (χ2n) is 5.05. The zero-order valence-corrected chi connectivity index (χ0v) is 12.5. The van der Waals surface area contributed by atoms with E-state index in [2.05, 4.69) is 46.1 Å². The summed E-state index contributed by atoms with van der Waals surface area (Å²) in [5.74, 6) is 1.80. The summed E-state index contributed by atoms with van der Waals surface area (Å²) in [5, 5.41) is 2.17. The molecular weight excluding hydrogens is 282 g/mol. The maximum Gasteiger partial charge on any atom is 0.0339 e. The first-order valence-corrected chi connectivity index (χ1v) is 7.78. The van der Waals surface area contributed by atoms with E-state index >= 15 is 0 Å². The first kappa shape index (κ1) is 12.6. The Morgan fingerprint density at radius 1 is 1.44 bits per heavy atom. The molecule has 1 aromatic heterocycles. The lowest BCUT2D eigenvalue weighted by molar-refractivity contribution is 0.153. The number of hydrogen-bond donors (Lipinski definition) is 0. The van der Waals surface area contributed by atoms with E-state index in [1.165, 1.54) is 35.3 Å². The SMILES string of the molecule is CC(C)C1CCN(Cc2sccc2Br)CC1. The van der Waals surface area contributed by atoms with Gasteiger partial charge in [0, 0.05) is 15.9 Å².